The van der Waals surface area contributed by atoms with Gasteiger partial charge in [0.05, 0.1) is 18.2 Å². The van der Waals surface area contributed by atoms with Crippen LogP contribution < -0.4 is 5.32 Å². The maximum absolute atomic E-state index is 12.7. The Morgan fingerprint density at radius 1 is 1.20 bits per heavy atom. The van der Waals surface area contributed by atoms with Crippen molar-refractivity contribution in [3.8, 4) is 0 Å². The van der Waals surface area contributed by atoms with Gasteiger partial charge in [0.2, 0.25) is 5.91 Å². The third kappa shape index (κ3) is 4.89. The number of hydrogen-bond donors (Lipinski definition) is 1. The predicted molar refractivity (Wildman–Crippen MR) is 100 cm³/mol. The third-order valence-corrected chi connectivity index (χ3v) is 4.79. The van der Waals surface area contributed by atoms with Crippen LogP contribution in [0.5, 0.6) is 0 Å². The Morgan fingerprint density at radius 2 is 1.92 bits per heavy atom. The van der Waals surface area contributed by atoms with E-state index in [-0.39, 0.29) is 17.8 Å². The molecule has 0 radical (unpaired) electrons. The number of rotatable bonds is 8. The lowest BCUT2D eigenvalue weighted by Gasteiger charge is -2.14. The fourth-order valence-electron chi connectivity index (χ4n) is 2.62. The van der Waals surface area contributed by atoms with Crippen LogP contribution in [0.4, 0.5) is 5.13 Å². The molecule has 0 saturated carbocycles. The Balaban J connectivity index is 2.19. The van der Waals surface area contributed by atoms with Gasteiger partial charge in [0.15, 0.2) is 5.13 Å². The first-order chi connectivity index (χ1) is 12.1. The number of nitrogens with zero attached hydrogens (tertiary/aromatic N) is 1. The molecule has 0 aliphatic rings. The summed E-state index contributed by atoms with van der Waals surface area (Å²) < 4.78 is 5.09. The summed E-state index contributed by atoms with van der Waals surface area (Å²) in [6.45, 7) is 6.09. The lowest BCUT2D eigenvalue weighted by atomic mass is 9.96. The Morgan fingerprint density at radius 3 is 2.52 bits per heavy atom. The summed E-state index contributed by atoms with van der Waals surface area (Å²) in [5.74, 6) is -0.731. The van der Waals surface area contributed by atoms with Crippen molar-refractivity contribution in [3.05, 3.63) is 46.5 Å². The average Bonchev–Trinajstić information content (AvgIpc) is 2.99. The van der Waals surface area contributed by atoms with E-state index in [2.05, 4.69) is 10.3 Å². The van der Waals surface area contributed by atoms with Crippen LogP contribution >= 0.6 is 11.3 Å². The quantitative estimate of drug-likeness (QED) is 0.708. The number of nitrogens with one attached hydrogen (secondary N) is 1. The number of amides is 1. The molecule has 0 bridgehead atoms. The number of thiazole rings is 1. The molecule has 0 saturated heterocycles. The zero-order chi connectivity index (χ0) is 18.2. The SMILES string of the molecule is CCCc1nc(NC(=O)C(CC)c2ccccc2)sc1C(=O)OCC. The van der Waals surface area contributed by atoms with Gasteiger partial charge >= 0.3 is 5.97 Å². The number of ether oxygens (including phenoxy) is 1. The van der Waals surface area contributed by atoms with Gasteiger partial charge in [0, 0.05) is 0 Å². The zero-order valence-electron chi connectivity index (χ0n) is 14.9. The van der Waals surface area contributed by atoms with Gasteiger partial charge in [-0.15, -0.1) is 0 Å². The fraction of sp³-hybridized carbons (Fsp3) is 0.421. The molecule has 25 heavy (non-hydrogen) atoms. The van der Waals surface area contributed by atoms with Crippen molar-refractivity contribution in [1.29, 1.82) is 0 Å². The highest BCUT2D eigenvalue weighted by atomic mass is 32.1. The largest absolute Gasteiger partial charge is 0.462 e. The molecule has 5 nitrogen and oxygen atoms in total. The molecule has 0 fully saturated rings. The van der Waals surface area contributed by atoms with Gasteiger partial charge in [0.1, 0.15) is 4.88 Å². The number of hydrogen-bond acceptors (Lipinski definition) is 5. The lowest BCUT2D eigenvalue weighted by molar-refractivity contribution is -0.117. The van der Waals surface area contributed by atoms with Crippen molar-refractivity contribution in [3.63, 3.8) is 0 Å². The monoisotopic (exact) mass is 360 g/mol. The first-order valence-electron chi connectivity index (χ1n) is 8.63. The highest BCUT2D eigenvalue weighted by molar-refractivity contribution is 7.17. The second kappa shape index (κ2) is 9.32. The molecule has 2 rings (SSSR count). The molecule has 0 spiro atoms. The third-order valence-electron chi connectivity index (χ3n) is 3.80. The number of aromatic nitrogens is 1. The standard InChI is InChI=1S/C19H24N2O3S/c1-4-10-15-16(18(23)24-6-3)25-19(20-15)21-17(22)14(5-2)13-11-8-7-9-12-13/h7-9,11-12,14H,4-6,10H2,1-3H3,(H,20,21,22). The van der Waals surface area contributed by atoms with Crippen molar-refractivity contribution in [2.24, 2.45) is 0 Å². The lowest BCUT2D eigenvalue weighted by Crippen LogP contribution is -2.20. The van der Waals surface area contributed by atoms with E-state index >= 15 is 0 Å². The minimum atomic E-state index is -0.376. The summed E-state index contributed by atoms with van der Waals surface area (Å²) in [5, 5.41) is 3.32. The summed E-state index contributed by atoms with van der Waals surface area (Å²) in [6.07, 6.45) is 2.23. The molecule has 6 heteroatoms. The van der Waals surface area contributed by atoms with E-state index in [4.69, 9.17) is 4.74 Å². The van der Waals surface area contributed by atoms with Gasteiger partial charge in [-0.05, 0) is 25.3 Å². The zero-order valence-corrected chi connectivity index (χ0v) is 15.7. The maximum Gasteiger partial charge on any atom is 0.350 e. The molecule has 1 N–H and O–H groups in total. The highest BCUT2D eigenvalue weighted by Crippen LogP contribution is 2.27. The van der Waals surface area contributed by atoms with Crippen LogP contribution in [0.3, 0.4) is 0 Å². The number of anilines is 1. The van der Waals surface area contributed by atoms with Crippen LogP contribution in [0, 0.1) is 0 Å². The Hall–Kier alpha value is -2.21. The fourth-order valence-corrected chi connectivity index (χ4v) is 3.53. The number of carbonyl (C=O) groups excluding carboxylic acids is 2. The first-order valence-corrected chi connectivity index (χ1v) is 9.44. The maximum atomic E-state index is 12.7. The van der Waals surface area contributed by atoms with Gasteiger partial charge < -0.3 is 10.1 Å². The summed E-state index contributed by atoms with van der Waals surface area (Å²) in [4.78, 5) is 29.7. The summed E-state index contributed by atoms with van der Waals surface area (Å²) in [5.41, 5.74) is 1.66. The highest BCUT2D eigenvalue weighted by Gasteiger charge is 2.23. The topological polar surface area (TPSA) is 68.3 Å². The van der Waals surface area contributed by atoms with Gasteiger partial charge in [-0.25, -0.2) is 9.78 Å². The Bertz CT molecular complexity index is 713. The van der Waals surface area contributed by atoms with E-state index in [1.807, 2.05) is 44.2 Å². The van der Waals surface area contributed by atoms with E-state index in [9.17, 15) is 9.59 Å². The smallest absolute Gasteiger partial charge is 0.350 e. The van der Waals surface area contributed by atoms with E-state index in [0.29, 0.717) is 35.2 Å². The van der Waals surface area contributed by atoms with E-state index in [0.717, 1.165) is 12.0 Å². The van der Waals surface area contributed by atoms with Crippen molar-refractivity contribution < 1.29 is 14.3 Å². The minimum Gasteiger partial charge on any atom is -0.462 e. The van der Waals surface area contributed by atoms with Crippen molar-refractivity contribution in [1.82, 2.24) is 4.98 Å². The average molecular weight is 360 g/mol. The number of benzene rings is 1. The molecular weight excluding hydrogens is 336 g/mol. The van der Waals surface area contributed by atoms with Crippen LogP contribution in [0.1, 0.15) is 60.5 Å². The molecule has 1 aromatic carbocycles. The molecular formula is C19H24N2O3S. The van der Waals surface area contributed by atoms with Crippen LogP contribution in [-0.4, -0.2) is 23.5 Å². The van der Waals surface area contributed by atoms with Gasteiger partial charge in [-0.1, -0.05) is 61.9 Å². The number of aryl methyl sites for hydroxylation is 1. The Kier molecular flexibility index (Phi) is 7.13. The molecule has 134 valence electrons. The van der Waals surface area contributed by atoms with Crippen LogP contribution in [-0.2, 0) is 16.0 Å². The molecule has 1 heterocycles. The second-order valence-corrected chi connectivity index (χ2v) is 6.63. The minimum absolute atomic E-state index is 0.110. The first kappa shape index (κ1) is 19.1. The van der Waals surface area contributed by atoms with E-state index in [1.54, 1.807) is 6.92 Å². The van der Waals surface area contributed by atoms with Gasteiger partial charge in [0.25, 0.3) is 0 Å². The molecule has 2 aromatic rings. The molecule has 1 atom stereocenters. The van der Waals surface area contributed by atoms with Crippen molar-refractivity contribution in [2.75, 3.05) is 11.9 Å². The van der Waals surface area contributed by atoms with Crippen LogP contribution in [0.15, 0.2) is 30.3 Å². The van der Waals surface area contributed by atoms with E-state index < -0.39 is 0 Å². The van der Waals surface area contributed by atoms with Gasteiger partial charge in [-0.3, -0.25) is 4.79 Å². The summed E-state index contributed by atoms with van der Waals surface area (Å²) in [7, 11) is 0. The normalized spacial score (nSPS) is 11.8. The van der Waals surface area contributed by atoms with Crippen molar-refractivity contribution in [2.45, 2.75) is 46.0 Å². The summed E-state index contributed by atoms with van der Waals surface area (Å²) in [6, 6.07) is 9.67. The molecule has 0 aliphatic carbocycles. The van der Waals surface area contributed by atoms with Crippen LogP contribution in [0.25, 0.3) is 0 Å². The number of esters is 1. The molecule has 1 unspecified atom stereocenters. The summed E-state index contributed by atoms with van der Waals surface area (Å²) >= 11 is 1.18. The Labute approximate surface area is 152 Å². The predicted octanol–water partition coefficient (Wildman–Crippen LogP) is 4.40. The molecule has 0 aliphatic heterocycles. The van der Waals surface area contributed by atoms with Crippen LogP contribution in [0.2, 0.25) is 0 Å². The molecule has 1 aromatic heterocycles. The molecule has 1 amide bonds. The van der Waals surface area contributed by atoms with E-state index in [1.165, 1.54) is 11.3 Å². The number of carbonyl (C=O) groups is 2. The second-order valence-electron chi connectivity index (χ2n) is 5.63. The van der Waals surface area contributed by atoms with Crippen molar-refractivity contribution >= 4 is 28.3 Å². The van der Waals surface area contributed by atoms with Gasteiger partial charge in [-0.2, -0.15) is 0 Å².